The van der Waals surface area contributed by atoms with E-state index in [1.165, 1.54) is 7.11 Å². The van der Waals surface area contributed by atoms with Crippen molar-refractivity contribution >= 4 is 17.8 Å². The van der Waals surface area contributed by atoms with Crippen molar-refractivity contribution in [3.05, 3.63) is 96.1 Å². The monoisotopic (exact) mass is 458 g/mol. The molecular weight excluding hydrogens is 428 g/mol. The van der Waals surface area contributed by atoms with Crippen LogP contribution in [0.15, 0.2) is 84.9 Å². The highest BCUT2D eigenvalue weighted by Crippen LogP contribution is 2.20. The standard InChI is InChI=1S/C28H30N2O4/c1-20(22-9-5-3-6-10-22)29-26(31)17-18-27(32)30-25(28(33)34-2)19-21-13-15-24(16-14-21)23-11-7-4-8-12-23/h3-16,20,25H,17-19H2,1-2H3,(H,29,31)(H,30,32)/t20-,25-/m1/s1. The molecule has 0 bridgehead atoms. The van der Waals surface area contributed by atoms with Gasteiger partial charge in [0.1, 0.15) is 6.04 Å². The van der Waals surface area contributed by atoms with E-state index in [1.54, 1.807) is 0 Å². The highest BCUT2D eigenvalue weighted by atomic mass is 16.5. The SMILES string of the molecule is COC(=O)[C@@H](Cc1ccc(-c2ccccc2)cc1)NC(=O)CCC(=O)N[C@H](C)c1ccccc1. The van der Waals surface area contributed by atoms with E-state index in [0.717, 1.165) is 22.3 Å². The number of carbonyl (C=O) groups excluding carboxylic acids is 3. The summed E-state index contributed by atoms with van der Waals surface area (Å²) < 4.78 is 4.87. The molecule has 2 amide bonds. The number of esters is 1. The summed E-state index contributed by atoms with van der Waals surface area (Å²) in [6.07, 6.45) is 0.307. The first-order chi connectivity index (χ1) is 16.5. The first-order valence-electron chi connectivity index (χ1n) is 11.3. The second kappa shape index (κ2) is 12.3. The van der Waals surface area contributed by atoms with Crippen LogP contribution in [0.2, 0.25) is 0 Å². The number of amides is 2. The molecule has 2 N–H and O–H groups in total. The molecule has 34 heavy (non-hydrogen) atoms. The van der Waals surface area contributed by atoms with Crippen molar-refractivity contribution in [2.24, 2.45) is 0 Å². The van der Waals surface area contributed by atoms with Gasteiger partial charge < -0.3 is 15.4 Å². The third-order valence-corrected chi connectivity index (χ3v) is 5.58. The fourth-order valence-corrected chi connectivity index (χ4v) is 3.67. The summed E-state index contributed by atoms with van der Waals surface area (Å²) in [5, 5.41) is 5.60. The average Bonchev–Trinajstić information content (AvgIpc) is 2.88. The van der Waals surface area contributed by atoms with Gasteiger partial charge in [0.15, 0.2) is 0 Å². The molecule has 0 spiro atoms. The summed E-state index contributed by atoms with van der Waals surface area (Å²) in [7, 11) is 1.29. The van der Waals surface area contributed by atoms with Gasteiger partial charge in [-0.3, -0.25) is 9.59 Å². The molecule has 0 unspecified atom stereocenters. The van der Waals surface area contributed by atoms with Crippen LogP contribution in [0.4, 0.5) is 0 Å². The molecule has 3 aromatic carbocycles. The van der Waals surface area contributed by atoms with Gasteiger partial charge in [-0.05, 0) is 29.2 Å². The molecule has 6 heteroatoms. The Hall–Kier alpha value is -3.93. The second-order valence-electron chi connectivity index (χ2n) is 8.11. The maximum absolute atomic E-state index is 12.5. The number of nitrogens with one attached hydrogen (secondary N) is 2. The molecule has 0 heterocycles. The van der Waals surface area contributed by atoms with Crippen molar-refractivity contribution in [2.75, 3.05) is 7.11 Å². The topological polar surface area (TPSA) is 84.5 Å². The maximum Gasteiger partial charge on any atom is 0.328 e. The van der Waals surface area contributed by atoms with E-state index in [0.29, 0.717) is 6.42 Å². The molecule has 0 saturated carbocycles. The van der Waals surface area contributed by atoms with E-state index in [9.17, 15) is 14.4 Å². The van der Waals surface area contributed by atoms with E-state index in [2.05, 4.69) is 10.6 Å². The zero-order chi connectivity index (χ0) is 24.3. The van der Waals surface area contributed by atoms with Crippen LogP contribution in [-0.4, -0.2) is 30.9 Å². The number of hydrogen-bond donors (Lipinski definition) is 2. The van der Waals surface area contributed by atoms with Crippen molar-refractivity contribution in [3.8, 4) is 11.1 Å². The zero-order valence-corrected chi connectivity index (χ0v) is 19.5. The predicted molar refractivity (Wildman–Crippen MR) is 132 cm³/mol. The van der Waals surface area contributed by atoms with Crippen molar-refractivity contribution in [1.29, 1.82) is 0 Å². The summed E-state index contributed by atoms with van der Waals surface area (Å²) in [6, 6.07) is 26.5. The quantitative estimate of drug-likeness (QED) is 0.446. The molecule has 0 aliphatic rings. The third-order valence-electron chi connectivity index (χ3n) is 5.58. The van der Waals surface area contributed by atoms with E-state index in [4.69, 9.17) is 4.74 Å². The minimum atomic E-state index is -0.827. The molecule has 0 fully saturated rings. The Morgan fingerprint density at radius 2 is 1.26 bits per heavy atom. The highest BCUT2D eigenvalue weighted by Gasteiger charge is 2.22. The maximum atomic E-state index is 12.5. The number of methoxy groups -OCH3 is 1. The Balaban J connectivity index is 1.52. The highest BCUT2D eigenvalue weighted by molar-refractivity contribution is 5.87. The van der Waals surface area contributed by atoms with Gasteiger partial charge >= 0.3 is 5.97 Å². The average molecular weight is 459 g/mol. The Bertz CT molecular complexity index is 1080. The van der Waals surface area contributed by atoms with Crippen LogP contribution in [0.1, 0.15) is 36.9 Å². The van der Waals surface area contributed by atoms with Gasteiger partial charge in [-0.25, -0.2) is 4.79 Å². The molecular formula is C28H30N2O4. The number of benzene rings is 3. The van der Waals surface area contributed by atoms with Crippen LogP contribution in [0.5, 0.6) is 0 Å². The molecule has 0 aliphatic carbocycles. The van der Waals surface area contributed by atoms with E-state index in [1.807, 2.05) is 91.9 Å². The van der Waals surface area contributed by atoms with Crippen molar-refractivity contribution in [3.63, 3.8) is 0 Å². The molecule has 3 rings (SSSR count). The summed E-state index contributed by atoms with van der Waals surface area (Å²) in [6.45, 7) is 1.89. The van der Waals surface area contributed by atoms with Crippen LogP contribution < -0.4 is 10.6 Å². The molecule has 0 aromatic heterocycles. The van der Waals surface area contributed by atoms with Crippen molar-refractivity contribution in [2.45, 2.75) is 38.3 Å². The lowest BCUT2D eigenvalue weighted by Crippen LogP contribution is -2.43. The molecule has 3 aromatic rings. The first-order valence-corrected chi connectivity index (χ1v) is 11.3. The molecule has 0 aliphatic heterocycles. The second-order valence-corrected chi connectivity index (χ2v) is 8.11. The van der Waals surface area contributed by atoms with Crippen LogP contribution in [-0.2, 0) is 25.5 Å². The Morgan fingerprint density at radius 3 is 1.85 bits per heavy atom. The van der Waals surface area contributed by atoms with Crippen molar-refractivity contribution < 1.29 is 19.1 Å². The zero-order valence-electron chi connectivity index (χ0n) is 19.5. The van der Waals surface area contributed by atoms with Gasteiger partial charge in [-0.15, -0.1) is 0 Å². The number of rotatable bonds is 10. The first kappa shape index (κ1) is 24.7. The number of ether oxygens (including phenoxy) is 1. The van der Waals surface area contributed by atoms with Crippen LogP contribution in [0.25, 0.3) is 11.1 Å². The minimum absolute atomic E-state index is 0.0201. The fourth-order valence-electron chi connectivity index (χ4n) is 3.67. The Labute approximate surface area is 200 Å². The largest absolute Gasteiger partial charge is 0.467 e. The van der Waals surface area contributed by atoms with Gasteiger partial charge in [0, 0.05) is 19.3 Å². The van der Waals surface area contributed by atoms with Gasteiger partial charge in [-0.1, -0.05) is 84.9 Å². The summed E-state index contributed by atoms with van der Waals surface area (Å²) >= 11 is 0. The van der Waals surface area contributed by atoms with Gasteiger partial charge in [-0.2, -0.15) is 0 Å². The van der Waals surface area contributed by atoms with E-state index >= 15 is 0 Å². The summed E-state index contributed by atoms with van der Waals surface area (Å²) in [5.41, 5.74) is 4.06. The Kier molecular flexibility index (Phi) is 8.97. The van der Waals surface area contributed by atoms with E-state index in [-0.39, 0.29) is 30.7 Å². The minimum Gasteiger partial charge on any atom is -0.467 e. The lowest BCUT2D eigenvalue weighted by Gasteiger charge is -2.17. The molecule has 2 atom stereocenters. The molecule has 6 nitrogen and oxygen atoms in total. The van der Waals surface area contributed by atoms with Crippen LogP contribution in [0.3, 0.4) is 0 Å². The molecule has 0 saturated heterocycles. The smallest absolute Gasteiger partial charge is 0.328 e. The molecule has 176 valence electrons. The fraction of sp³-hybridized carbons (Fsp3) is 0.250. The summed E-state index contributed by atoms with van der Waals surface area (Å²) in [4.78, 5) is 37.0. The van der Waals surface area contributed by atoms with Gasteiger partial charge in [0.05, 0.1) is 13.2 Å². The Morgan fingerprint density at radius 1 is 0.735 bits per heavy atom. The van der Waals surface area contributed by atoms with Crippen LogP contribution in [0, 0.1) is 0 Å². The van der Waals surface area contributed by atoms with E-state index < -0.39 is 12.0 Å². The van der Waals surface area contributed by atoms with Gasteiger partial charge in [0.2, 0.25) is 11.8 Å². The third kappa shape index (κ3) is 7.30. The van der Waals surface area contributed by atoms with Crippen LogP contribution >= 0.6 is 0 Å². The number of carbonyl (C=O) groups is 3. The summed E-state index contributed by atoms with van der Waals surface area (Å²) in [5.74, 6) is -1.13. The predicted octanol–water partition coefficient (Wildman–Crippen LogP) is 4.21. The number of hydrogen-bond acceptors (Lipinski definition) is 4. The van der Waals surface area contributed by atoms with Crippen molar-refractivity contribution in [1.82, 2.24) is 10.6 Å². The normalized spacial score (nSPS) is 12.3. The molecule has 0 radical (unpaired) electrons. The lowest BCUT2D eigenvalue weighted by atomic mass is 10.0. The lowest BCUT2D eigenvalue weighted by molar-refractivity contribution is -0.145. The van der Waals surface area contributed by atoms with Gasteiger partial charge in [0.25, 0.3) is 0 Å².